The number of ketones is 1. The molecule has 0 unspecified atom stereocenters. The van der Waals surface area contributed by atoms with Crippen LogP contribution in [0, 0.1) is 10.1 Å². The summed E-state index contributed by atoms with van der Waals surface area (Å²) >= 11 is 3.39. The minimum Gasteiger partial charge on any atom is -0.377 e. The zero-order valence-corrected chi connectivity index (χ0v) is 21.1. The standard InChI is InChI=1S/C25H24BrN3O5S/c26-19-12-10-17(11-13-19)16-6-8-18(9-7-16)25(30)23-22(35(27,33)34)15-14-21(24(23)29(31)32)28-20-4-2-1-3-5-20/h6-15,20,28H,1-5H2,(H2,27,33,34). The van der Waals surface area contributed by atoms with Gasteiger partial charge in [-0.1, -0.05) is 71.6 Å². The SMILES string of the molecule is NS(=O)(=O)c1ccc(NC2CCCCC2)c([N+](=O)[O-])c1C(=O)c1ccc(-c2ccc(Br)cc2)cc1. The molecule has 0 aliphatic heterocycles. The Bertz CT molecular complexity index is 1370. The highest BCUT2D eigenvalue weighted by atomic mass is 79.9. The molecule has 8 nitrogen and oxygen atoms in total. The summed E-state index contributed by atoms with van der Waals surface area (Å²) in [5.41, 5.74) is 0.876. The molecule has 0 radical (unpaired) electrons. The molecule has 0 bridgehead atoms. The van der Waals surface area contributed by atoms with E-state index in [-0.39, 0.29) is 17.3 Å². The Kier molecular flexibility index (Phi) is 7.34. The van der Waals surface area contributed by atoms with E-state index in [1.165, 1.54) is 18.2 Å². The van der Waals surface area contributed by atoms with Crippen LogP contribution < -0.4 is 10.5 Å². The molecule has 3 N–H and O–H groups in total. The number of nitrogens with one attached hydrogen (secondary N) is 1. The van der Waals surface area contributed by atoms with Gasteiger partial charge in [-0.3, -0.25) is 14.9 Å². The van der Waals surface area contributed by atoms with E-state index < -0.39 is 36.9 Å². The summed E-state index contributed by atoms with van der Waals surface area (Å²) < 4.78 is 25.6. The van der Waals surface area contributed by atoms with Gasteiger partial charge in [0.1, 0.15) is 16.1 Å². The molecule has 1 aliphatic rings. The van der Waals surface area contributed by atoms with Crippen molar-refractivity contribution in [1.82, 2.24) is 0 Å². The average Bonchev–Trinajstić information content (AvgIpc) is 2.83. The molecule has 0 atom stereocenters. The van der Waals surface area contributed by atoms with Crippen LogP contribution in [-0.2, 0) is 10.0 Å². The largest absolute Gasteiger partial charge is 0.377 e. The molecule has 0 spiro atoms. The fourth-order valence-corrected chi connectivity index (χ4v) is 5.40. The lowest BCUT2D eigenvalue weighted by atomic mass is 9.94. The first-order valence-corrected chi connectivity index (χ1v) is 13.5. The lowest BCUT2D eigenvalue weighted by molar-refractivity contribution is -0.384. The second kappa shape index (κ2) is 10.3. The molecule has 35 heavy (non-hydrogen) atoms. The van der Waals surface area contributed by atoms with Crippen LogP contribution in [0.15, 0.2) is 70.0 Å². The Morgan fingerprint density at radius 2 is 1.51 bits per heavy atom. The third kappa shape index (κ3) is 5.61. The van der Waals surface area contributed by atoms with Crippen LogP contribution in [0.1, 0.15) is 48.0 Å². The Labute approximate surface area is 211 Å². The predicted molar refractivity (Wildman–Crippen MR) is 138 cm³/mol. The molecule has 3 aromatic rings. The molecule has 3 aromatic carbocycles. The van der Waals surface area contributed by atoms with Crippen molar-refractivity contribution < 1.29 is 18.1 Å². The maximum Gasteiger partial charge on any atom is 0.304 e. The lowest BCUT2D eigenvalue weighted by Gasteiger charge is -2.24. The number of nitro groups is 1. The third-order valence-corrected chi connectivity index (χ3v) is 7.63. The molecule has 10 heteroatoms. The molecular formula is C25H24BrN3O5S. The number of rotatable bonds is 7. The Hall–Kier alpha value is -3.08. The zero-order chi connectivity index (χ0) is 25.2. The van der Waals surface area contributed by atoms with E-state index in [0.717, 1.165) is 53.8 Å². The van der Waals surface area contributed by atoms with Gasteiger partial charge < -0.3 is 5.32 Å². The van der Waals surface area contributed by atoms with Crippen molar-refractivity contribution in [2.75, 3.05) is 5.32 Å². The van der Waals surface area contributed by atoms with Crippen LogP contribution in [0.5, 0.6) is 0 Å². The summed E-state index contributed by atoms with van der Waals surface area (Å²) in [4.78, 5) is 24.4. The van der Waals surface area contributed by atoms with Crippen molar-refractivity contribution in [1.29, 1.82) is 0 Å². The molecule has 4 rings (SSSR count). The van der Waals surface area contributed by atoms with Gasteiger partial charge in [-0.15, -0.1) is 0 Å². The summed E-state index contributed by atoms with van der Waals surface area (Å²) in [5.74, 6) is -0.782. The minimum atomic E-state index is -4.41. The van der Waals surface area contributed by atoms with E-state index in [1.807, 2.05) is 24.3 Å². The smallest absolute Gasteiger partial charge is 0.304 e. The highest BCUT2D eigenvalue weighted by molar-refractivity contribution is 9.10. The number of sulfonamides is 1. The maximum absolute atomic E-state index is 13.5. The van der Waals surface area contributed by atoms with Crippen LogP contribution in [0.4, 0.5) is 11.4 Å². The normalized spacial score (nSPS) is 14.5. The van der Waals surface area contributed by atoms with Gasteiger partial charge >= 0.3 is 5.69 Å². The topological polar surface area (TPSA) is 132 Å². The van der Waals surface area contributed by atoms with Gasteiger partial charge in [0.05, 0.1) is 4.92 Å². The fourth-order valence-electron chi connectivity index (χ4n) is 4.40. The van der Waals surface area contributed by atoms with E-state index in [2.05, 4.69) is 21.2 Å². The molecule has 1 saturated carbocycles. The van der Waals surface area contributed by atoms with Crippen LogP contribution >= 0.6 is 15.9 Å². The number of halogens is 1. The average molecular weight is 558 g/mol. The van der Waals surface area contributed by atoms with Gasteiger partial charge in [-0.2, -0.15) is 0 Å². The minimum absolute atomic E-state index is 0.0101. The van der Waals surface area contributed by atoms with Gasteiger partial charge in [-0.25, -0.2) is 13.6 Å². The van der Waals surface area contributed by atoms with Crippen LogP contribution in [-0.4, -0.2) is 25.2 Å². The lowest BCUT2D eigenvalue weighted by Crippen LogP contribution is -2.24. The third-order valence-electron chi connectivity index (χ3n) is 6.15. The molecule has 1 fully saturated rings. The fraction of sp³-hybridized carbons (Fsp3) is 0.240. The highest BCUT2D eigenvalue weighted by Crippen LogP contribution is 2.37. The van der Waals surface area contributed by atoms with Crippen LogP contribution in [0.25, 0.3) is 11.1 Å². The number of nitrogens with two attached hydrogens (primary N) is 1. The molecular weight excluding hydrogens is 534 g/mol. The molecule has 0 saturated heterocycles. The van der Waals surface area contributed by atoms with Crippen LogP contribution in [0.3, 0.4) is 0 Å². The number of carbonyl (C=O) groups excluding carboxylic acids is 1. The number of anilines is 1. The molecule has 1 aliphatic carbocycles. The van der Waals surface area contributed by atoms with Gasteiger partial charge in [0.15, 0.2) is 0 Å². The summed E-state index contributed by atoms with van der Waals surface area (Å²) in [6.45, 7) is 0. The van der Waals surface area contributed by atoms with E-state index in [1.54, 1.807) is 12.1 Å². The zero-order valence-electron chi connectivity index (χ0n) is 18.7. The van der Waals surface area contributed by atoms with Gasteiger partial charge in [0, 0.05) is 16.1 Å². The summed E-state index contributed by atoms with van der Waals surface area (Å²) in [6.07, 6.45) is 4.78. The monoisotopic (exact) mass is 557 g/mol. The molecule has 182 valence electrons. The highest BCUT2D eigenvalue weighted by Gasteiger charge is 2.33. The van der Waals surface area contributed by atoms with Crippen molar-refractivity contribution in [3.63, 3.8) is 0 Å². The van der Waals surface area contributed by atoms with Crippen molar-refractivity contribution in [2.45, 2.75) is 43.0 Å². The van der Waals surface area contributed by atoms with Gasteiger partial charge in [0.2, 0.25) is 15.8 Å². The number of carbonyl (C=O) groups is 1. The summed E-state index contributed by atoms with van der Waals surface area (Å²) in [5, 5.41) is 20.7. The van der Waals surface area contributed by atoms with E-state index >= 15 is 0 Å². The van der Waals surface area contributed by atoms with Crippen molar-refractivity contribution in [3.05, 3.63) is 86.4 Å². The predicted octanol–water partition coefficient (Wildman–Crippen LogP) is 5.65. The number of benzene rings is 3. The van der Waals surface area contributed by atoms with Crippen LogP contribution in [0.2, 0.25) is 0 Å². The molecule has 0 aromatic heterocycles. The van der Waals surface area contributed by atoms with Gasteiger partial charge in [-0.05, 0) is 48.2 Å². The first kappa shape index (κ1) is 25.0. The quantitative estimate of drug-likeness (QED) is 0.219. The van der Waals surface area contributed by atoms with Crippen molar-refractivity contribution in [3.8, 4) is 11.1 Å². The summed E-state index contributed by atoms with van der Waals surface area (Å²) in [6, 6.07) is 16.6. The van der Waals surface area contributed by atoms with Gasteiger partial charge in [0.25, 0.3) is 0 Å². The maximum atomic E-state index is 13.5. The van der Waals surface area contributed by atoms with E-state index in [9.17, 15) is 23.3 Å². The van der Waals surface area contributed by atoms with E-state index in [4.69, 9.17) is 5.14 Å². The Morgan fingerprint density at radius 1 is 0.943 bits per heavy atom. The number of primary sulfonamides is 1. The van der Waals surface area contributed by atoms with Crippen molar-refractivity contribution >= 4 is 43.1 Å². The molecule has 0 amide bonds. The second-order valence-electron chi connectivity index (χ2n) is 8.53. The number of hydrogen-bond donors (Lipinski definition) is 2. The number of nitro benzene ring substituents is 1. The second-order valence-corrected chi connectivity index (χ2v) is 11.0. The first-order chi connectivity index (χ1) is 16.6. The number of hydrogen-bond acceptors (Lipinski definition) is 6. The van der Waals surface area contributed by atoms with E-state index in [0.29, 0.717) is 0 Å². The first-order valence-electron chi connectivity index (χ1n) is 11.2. The Balaban J connectivity index is 1.78. The molecule has 0 heterocycles. The van der Waals surface area contributed by atoms with Crippen molar-refractivity contribution in [2.24, 2.45) is 5.14 Å². The Morgan fingerprint density at radius 3 is 2.06 bits per heavy atom. The number of nitrogens with zero attached hydrogens (tertiary/aromatic N) is 1. The summed E-state index contributed by atoms with van der Waals surface area (Å²) in [7, 11) is -4.41.